The molecule has 0 spiro atoms. The van der Waals surface area contributed by atoms with E-state index < -0.39 is 0 Å². The van der Waals surface area contributed by atoms with Gasteiger partial charge in [0, 0.05) is 36.9 Å². The molecule has 0 aliphatic heterocycles. The maximum absolute atomic E-state index is 5.94. The van der Waals surface area contributed by atoms with Crippen LogP contribution in [0.5, 0.6) is 0 Å². The van der Waals surface area contributed by atoms with Crippen LogP contribution in [0.1, 0.15) is 45.3 Å². The van der Waals surface area contributed by atoms with Gasteiger partial charge in [0.25, 0.3) is 0 Å². The summed E-state index contributed by atoms with van der Waals surface area (Å²) in [5.74, 6) is 0.635. The third-order valence-electron chi connectivity index (χ3n) is 2.92. The second kappa shape index (κ2) is 8.81. The molecule has 2 N–H and O–H groups in total. The van der Waals surface area contributed by atoms with Gasteiger partial charge in [-0.2, -0.15) is 0 Å². The van der Waals surface area contributed by atoms with E-state index in [2.05, 4.69) is 54.9 Å². The van der Waals surface area contributed by atoms with Crippen LogP contribution < -0.4 is 5.73 Å². The average Bonchev–Trinajstić information content (AvgIpc) is 2.79. The lowest BCUT2D eigenvalue weighted by Crippen LogP contribution is -2.37. The summed E-state index contributed by atoms with van der Waals surface area (Å²) in [4.78, 5) is 11.1. The number of halogens is 1. The summed E-state index contributed by atoms with van der Waals surface area (Å²) >= 11 is 1.73. The summed E-state index contributed by atoms with van der Waals surface area (Å²) in [7, 11) is 0. The molecule has 0 bridgehead atoms. The largest absolute Gasteiger partial charge is 0.370 e. The Labute approximate surface area is 143 Å². The van der Waals surface area contributed by atoms with Gasteiger partial charge < -0.3 is 10.6 Å². The van der Waals surface area contributed by atoms with Crippen molar-refractivity contribution in [3.05, 3.63) is 16.1 Å². The third-order valence-corrected chi connectivity index (χ3v) is 4.24. The Balaban J connectivity index is 0.00000361. The Morgan fingerprint density at radius 2 is 1.95 bits per heavy atom. The highest BCUT2D eigenvalue weighted by molar-refractivity contribution is 14.0. The molecule has 1 aromatic rings. The van der Waals surface area contributed by atoms with Crippen molar-refractivity contribution in [1.29, 1.82) is 0 Å². The number of nitrogens with zero attached hydrogens (tertiary/aromatic N) is 3. The van der Waals surface area contributed by atoms with E-state index in [0.717, 1.165) is 25.2 Å². The summed E-state index contributed by atoms with van der Waals surface area (Å²) in [6.45, 7) is 13.2. The molecule has 116 valence electrons. The Hall–Kier alpha value is -0.370. The summed E-state index contributed by atoms with van der Waals surface area (Å²) in [6.07, 6.45) is 0.856. The predicted octanol–water partition coefficient (Wildman–Crippen LogP) is 3.26. The first kappa shape index (κ1) is 19.6. The molecule has 0 atom stereocenters. The van der Waals surface area contributed by atoms with E-state index in [0.29, 0.717) is 12.5 Å². The molecule has 0 unspecified atom stereocenters. The van der Waals surface area contributed by atoms with Gasteiger partial charge in [0.1, 0.15) is 0 Å². The van der Waals surface area contributed by atoms with E-state index in [1.54, 1.807) is 11.3 Å². The van der Waals surface area contributed by atoms with Crippen molar-refractivity contribution < 1.29 is 0 Å². The number of aromatic nitrogens is 1. The summed E-state index contributed by atoms with van der Waals surface area (Å²) in [5.41, 5.74) is 7.18. The summed E-state index contributed by atoms with van der Waals surface area (Å²) in [6, 6.07) is 0. The number of rotatable bonds is 5. The van der Waals surface area contributed by atoms with E-state index in [-0.39, 0.29) is 29.4 Å². The first-order valence-electron chi connectivity index (χ1n) is 6.88. The van der Waals surface area contributed by atoms with Gasteiger partial charge in [0.05, 0.1) is 10.7 Å². The molecular weight excluding hydrogens is 383 g/mol. The van der Waals surface area contributed by atoms with Crippen LogP contribution in [0.25, 0.3) is 0 Å². The van der Waals surface area contributed by atoms with Crippen LogP contribution >= 0.6 is 35.3 Å². The summed E-state index contributed by atoms with van der Waals surface area (Å²) < 4.78 is 0. The predicted molar refractivity (Wildman–Crippen MR) is 99.3 cm³/mol. The van der Waals surface area contributed by atoms with Crippen LogP contribution in [0.3, 0.4) is 0 Å². The molecular formula is C14H27IN4S. The lowest BCUT2D eigenvalue weighted by Gasteiger charge is -2.19. The molecule has 0 amide bonds. The number of guanidine groups is 1. The fraction of sp³-hybridized carbons (Fsp3) is 0.714. The third kappa shape index (κ3) is 5.95. The van der Waals surface area contributed by atoms with Crippen molar-refractivity contribution in [2.24, 2.45) is 10.7 Å². The van der Waals surface area contributed by atoms with Crippen LogP contribution in [-0.4, -0.2) is 35.5 Å². The van der Waals surface area contributed by atoms with Gasteiger partial charge in [-0.15, -0.1) is 35.3 Å². The van der Waals surface area contributed by atoms with Crippen LogP contribution in [0.15, 0.2) is 10.4 Å². The molecule has 0 saturated heterocycles. The van der Waals surface area contributed by atoms with E-state index in [1.165, 1.54) is 5.01 Å². The van der Waals surface area contributed by atoms with Crippen molar-refractivity contribution in [2.75, 3.05) is 19.6 Å². The minimum atomic E-state index is 0. The monoisotopic (exact) mass is 410 g/mol. The van der Waals surface area contributed by atoms with Crippen molar-refractivity contribution in [3.63, 3.8) is 0 Å². The SMILES string of the molecule is CCN(CC)C(N)=NCCc1csc(C(C)(C)C)n1.I. The number of hydrogen-bond acceptors (Lipinski definition) is 3. The Bertz CT molecular complexity index is 419. The van der Waals surface area contributed by atoms with Crippen LogP contribution in [-0.2, 0) is 11.8 Å². The van der Waals surface area contributed by atoms with Gasteiger partial charge in [-0.25, -0.2) is 4.98 Å². The standard InChI is InChI=1S/C14H26N4S.HI/c1-6-18(7-2)13(15)16-9-8-11-10-19-12(17-11)14(3,4)5;/h10H,6-9H2,1-5H3,(H2,15,16);1H. The zero-order valence-electron chi connectivity index (χ0n) is 13.1. The van der Waals surface area contributed by atoms with Gasteiger partial charge in [-0.1, -0.05) is 20.8 Å². The zero-order chi connectivity index (χ0) is 14.5. The topological polar surface area (TPSA) is 54.5 Å². The first-order valence-corrected chi connectivity index (χ1v) is 7.76. The number of nitrogens with two attached hydrogens (primary N) is 1. The minimum absolute atomic E-state index is 0. The van der Waals surface area contributed by atoms with Gasteiger partial charge in [-0.3, -0.25) is 4.99 Å². The van der Waals surface area contributed by atoms with Crippen molar-refractivity contribution in [3.8, 4) is 0 Å². The van der Waals surface area contributed by atoms with Crippen LogP contribution in [0.4, 0.5) is 0 Å². The summed E-state index contributed by atoms with van der Waals surface area (Å²) in [5, 5.41) is 3.31. The molecule has 0 aliphatic rings. The van der Waals surface area contributed by atoms with Crippen LogP contribution in [0.2, 0.25) is 0 Å². The molecule has 0 fully saturated rings. The van der Waals surface area contributed by atoms with E-state index in [1.807, 2.05) is 0 Å². The highest BCUT2D eigenvalue weighted by Gasteiger charge is 2.17. The second-order valence-corrected chi connectivity index (χ2v) is 6.41. The number of aliphatic imine (C=N–C) groups is 1. The van der Waals surface area contributed by atoms with Crippen molar-refractivity contribution in [1.82, 2.24) is 9.88 Å². The molecule has 0 saturated carbocycles. The zero-order valence-corrected chi connectivity index (χ0v) is 16.3. The van der Waals surface area contributed by atoms with Crippen LogP contribution in [0, 0.1) is 0 Å². The average molecular weight is 410 g/mol. The molecule has 0 aromatic carbocycles. The maximum atomic E-state index is 5.94. The highest BCUT2D eigenvalue weighted by atomic mass is 127. The molecule has 1 rings (SSSR count). The molecule has 1 heterocycles. The molecule has 20 heavy (non-hydrogen) atoms. The minimum Gasteiger partial charge on any atom is -0.370 e. The Morgan fingerprint density at radius 3 is 2.40 bits per heavy atom. The van der Waals surface area contributed by atoms with Gasteiger partial charge in [0.15, 0.2) is 5.96 Å². The smallest absolute Gasteiger partial charge is 0.191 e. The molecule has 0 aliphatic carbocycles. The molecule has 0 radical (unpaired) electrons. The van der Waals surface area contributed by atoms with Crippen molar-refractivity contribution >= 4 is 41.3 Å². The van der Waals surface area contributed by atoms with Gasteiger partial charge >= 0.3 is 0 Å². The lowest BCUT2D eigenvalue weighted by molar-refractivity contribution is 0.458. The van der Waals surface area contributed by atoms with Gasteiger partial charge in [0.2, 0.25) is 0 Å². The number of hydrogen-bond donors (Lipinski definition) is 1. The van der Waals surface area contributed by atoms with E-state index in [4.69, 9.17) is 5.73 Å². The van der Waals surface area contributed by atoms with E-state index in [9.17, 15) is 0 Å². The number of thiazole rings is 1. The van der Waals surface area contributed by atoms with Crippen molar-refractivity contribution in [2.45, 2.75) is 46.5 Å². The molecule has 6 heteroatoms. The second-order valence-electron chi connectivity index (χ2n) is 5.56. The lowest BCUT2D eigenvalue weighted by atomic mass is 9.98. The Morgan fingerprint density at radius 1 is 1.35 bits per heavy atom. The first-order chi connectivity index (χ1) is 8.88. The maximum Gasteiger partial charge on any atom is 0.191 e. The highest BCUT2D eigenvalue weighted by Crippen LogP contribution is 2.25. The normalized spacial score (nSPS) is 12.2. The molecule has 1 aromatic heterocycles. The quantitative estimate of drug-likeness (QED) is 0.461. The fourth-order valence-electron chi connectivity index (χ4n) is 1.70. The Kier molecular flexibility index (Phi) is 8.65. The van der Waals surface area contributed by atoms with Gasteiger partial charge in [-0.05, 0) is 13.8 Å². The van der Waals surface area contributed by atoms with E-state index >= 15 is 0 Å². The molecule has 4 nitrogen and oxygen atoms in total. The fourth-order valence-corrected chi connectivity index (χ4v) is 2.64.